The average molecular weight is 457 g/mol. The van der Waals surface area contributed by atoms with E-state index in [1.165, 1.54) is 0 Å². The first-order valence-corrected chi connectivity index (χ1v) is 10.4. The van der Waals surface area contributed by atoms with E-state index in [4.69, 9.17) is 17.2 Å². The van der Waals surface area contributed by atoms with Gasteiger partial charge in [-0.3, -0.25) is 24.0 Å². The van der Waals surface area contributed by atoms with Gasteiger partial charge < -0.3 is 37.9 Å². The molecule has 0 radical (unpaired) electrons. The zero-order chi connectivity index (χ0) is 25.0. The van der Waals surface area contributed by atoms with Gasteiger partial charge in [-0.25, -0.2) is 0 Å². The van der Waals surface area contributed by atoms with Crippen molar-refractivity contribution in [3.05, 3.63) is 0 Å². The molecule has 0 aliphatic heterocycles. The van der Waals surface area contributed by atoms with Crippen LogP contribution in [0.2, 0.25) is 0 Å². The minimum absolute atomic E-state index is 0.000926. The Hall–Kier alpha value is -3.02. The highest BCUT2D eigenvalue weighted by Gasteiger charge is 2.30. The Morgan fingerprint density at radius 2 is 1.19 bits per heavy atom. The number of carbonyl (C=O) groups excluding carboxylic acids is 6. The largest absolute Gasteiger partial charge is 0.370 e. The Bertz CT molecular complexity index is 696. The van der Waals surface area contributed by atoms with Crippen LogP contribution >= 0.6 is 0 Å². The lowest BCUT2D eigenvalue weighted by atomic mass is 10.0. The zero-order valence-corrected chi connectivity index (χ0v) is 19.1. The van der Waals surface area contributed by atoms with E-state index in [0.717, 1.165) is 0 Å². The minimum Gasteiger partial charge on any atom is -0.370 e. The second kappa shape index (κ2) is 14.1. The highest BCUT2D eigenvalue weighted by Crippen LogP contribution is 2.08. The predicted molar refractivity (Wildman–Crippen MR) is 116 cm³/mol. The third-order valence-electron chi connectivity index (χ3n) is 4.35. The summed E-state index contributed by atoms with van der Waals surface area (Å²) in [7, 11) is 0. The van der Waals surface area contributed by atoms with Gasteiger partial charge >= 0.3 is 0 Å². The monoisotopic (exact) mass is 456 g/mol. The summed E-state index contributed by atoms with van der Waals surface area (Å²) < 4.78 is 0. The third kappa shape index (κ3) is 12.0. The molecule has 12 nitrogen and oxygen atoms in total. The van der Waals surface area contributed by atoms with Crippen LogP contribution in [0.4, 0.5) is 0 Å². The smallest absolute Gasteiger partial charge is 0.243 e. The Labute approximate surface area is 187 Å². The molecule has 0 aliphatic carbocycles. The molecule has 182 valence electrons. The van der Waals surface area contributed by atoms with E-state index in [1.54, 1.807) is 0 Å². The molecule has 0 aromatic rings. The Morgan fingerprint density at radius 3 is 1.62 bits per heavy atom. The molecular weight excluding hydrogens is 420 g/mol. The fraction of sp³-hybridized carbons (Fsp3) is 0.700. The molecule has 4 atom stereocenters. The highest BCUT2D eigenvalue weighted by molar-refractivity contribution is 5.96. The average Bonchev–Trinajstić information content (AvgIpc) is 2.64. The number of hydrogen-bond donors (Lipinski definition) is 6. The van der Waals surface area contributed by atoms with E-state index in [1.807, 2.05) is 27.7 Å². The van der Waals surface area contributed by atoms with Gasteiger partial charge in [0.2, 0.25) is 29.5 Å². The molecule has 32 heavy (non-hydrogen) atoms. The Balaban J connectivity index is 5.44. The quantitative estimate of drug-likeness (QED) is 0.149. The van der Waals surface area contributed by atoms with Crippen molar-refractivity contribution in [3.8, 4) is 0 Å². The number of nitrogens with one attached hydrogen (secondary N) is 3. The first-order chi connectivity index (χ1) is 14.8. The van der Waals surface area contributed by atoms with Crippen LogP contribution in [0, 0.1) is 11.8 Å². The molecule has 0 saturated heterocycles. The van der Waals surface area contributed by atoms with E-state index >= 15 is 0 Å². The van der Waals surface area contributed by atoms with Gasteiger partial charge in [-0.05, 0) is 24.7 Å². The molecule has 0 bridgehead atoms. The number of hydrogen-bond acceptors (Lipinski definition) is 7. The number of rotatable bonds is 15. The van der Waals surface area contributed by atoms with Crippen molar-refractivity contribution in [3.63, 3.8) is 0 Å². The normalized spacial score (nSPS) is 14.7. The predicted octanol–water partition coefficient (Wildman–Crippen LogP) is -2.19. The number of carbonyl (C=O) groups is 6. The van der Waals surface area contributed by atoms with Crippen LogP contribution < -0.4 is 33.2 Å². The summed E-state index contributed by atoms with van der Waals surface area (Å²) in [6.45, 7) is 7.47. The van der Waals surface area contributed by atoms with Crippen molar-refractivity contribution in [1.29, 1.82) is 0 Å². The molecule has 0 fully saturated rings. The van der Waals surface area contributed by atoms with Gasteiger partial charge in [0.05, 0.1) is 24.9 Å². The molecule has 0 aromatic carbocycles. The van der Waals surface area contributed by atoms with E-state index in [2.05, 4.69) is 16.0 Å². The molecule has 0 spiro atoms. The van der Waals surface area contributed by atoms with E-state index < -0.39 is 66.5 Å². The van der Waals surface area contributed by atoms with Gasteiger partial charge in [0.25, 0.3) is 0 Å². The fourth-order valence-corrected chi connectivity index (χ4v) is 2.91. The molecule has 0 heterocycles. The maximum atomic E-state index is 12.8. The Kier molecular flexibility index (Phi) is 12.8. The van der Waals surface area contributed by atoms with Crippen LogP contribution in [0.15, 0.2) is 0 Å². The molecule has 12 heteroatoms. The van der Waals surface area contributed by atoms with Crippen molar-refractivity contribution >= 4 is 35.8 Å². The Morgan fingerprint density at radius 1 is 0.719 bits per heavy atom. The number of nitrogens with two attached hydrogens (primary N) is 3. The van der Waals surface area contributed by atoms with Crippen LogP contribution in [-0.4, -0.2) is 60.0 Å². The summed E-state index contributed by atoms with van der Waals surface area (Å²) in [5, 5.41) is 7.35. The second-order valence-electron chi connectivity index (χ2n) is 8.58. The van der Waals surface area contributed by atoms with Crippen LogP contribution in [0.25, 0.3) is 0 Å². The minimum atomic E-state index is -1.42. The molecule has 9 N–H and O–H groups in total. The first-order valence-electron chi connectivity index (χ1n) is 10.4. The van der Waals surface area contributed by atoms with Crippen LogP contribution in [0.5, 0.6) is 0 Å². The molecule has 0 unspecified atom stereocenters. The summed E-state index contributed by atoms with van der Waals surface area (Å²) in [5.74, 6) is -3.83. The molecule has 0 saturated carbocycles. The zero-order valence-electron chi connectivity index (χ0n) is 19.1. The maximum absolute atomic E-state index is 12.8. The van der Waals surface area contributed by atoms with Crippen LogP contribution in [0.1, 0.15) is 53.4 Å². The summed E-state index contributed by atoms with van der Waals surface area (Å²) in [4.78, 5) is 71.3. The van der Waals surface area contributed by atoms with Crippen molar-refractivity contribution in [2.24, 2.45) is 29.0 Å². The third-order valence-corrected chi connectivity index (χ3v) is 4.35. The summed E-state index contributed by atoms with van der Waals surface area (Å²) in [6, 6.07) is -4.49. The number of amides is 5. The van der Waals surface area contributed by atoms with Gasteiger partial charge in [0.1, 0.15) is 18.4 Å². The van der Waals surface area contributed by atoms with Crippen molar-refractivity contribution in [2.45, 2.75) is 77.5 Å². The van der Waals surface area contributed by atoms with Gasteiger partial charge in [-0.15, -0.1) is 0 Å². The molecule has 0 rings (SSSR count). The lowest BCUT2D eigenvalue weighted by Gasteiger charge is -2.25. The van der Waals surface area contributed by atoms with Crippen LogP contribution in [0.3, 0.4) is 0 Å². The molecule has 5 amide bonds. The van der Waals surface area contributed by atoms with Crippen molar-refractivity contribution < 1.29 is 28.8 Å². The van der Waals surface area contributed by atoms with Crippen molar-refractivity contribution in [1.82, 2.24) is 16.0 Å². The molecule has 0 aliphatic rings. The second-order valence-corrected chi connectivity index (χ2v) is 8.58. The van der Waals surface area contributed by atoms with Crippen molar-refractivity contribution in [2.75, 3.05) is 0 Å². The van der Waals surface area contributed by atoms with Gasteiger partial charge in [-0.2, -0.15) is 0 Å². The molecular formula is C20H36N6O6. The summed E-state index contributed by atoms with van der Waals surface area (Å²) in [5.41, 5.74) is 15.7. The van der Waals surface area contributed by atoms with E-state index in [9.17, 15) is 28.8 Å². The van der Waals surface area contributed by atoms with Gasteiger partial charge in [0, 0.05) is 0 Å². The van der Waals surface area contributed by atoms with E-state index in [0.29, 0.717) is 12.7 Å². The topological polar surface area (TPSA) is 217 Å². The fourth-order valence-electron chi connectivity index (χ4n) is 2.91. The van der Waals surface area contributed by atoms with Gasteiger partial charge in [0.15, 0.2) is 0 Å². The molecule has 0 aromatic heterocycles. The van der Waals surface area contributed by atoms with Gasteiger partial charge in [-0.1, -0.05) is 27.7 Å². The lowest BCUT2D eigenvalue weighted by molar-refractivity contribution is -0.134. The standard InChI is InChI=1S/C20H36N6O6/c1-10(2)5-12(9-27)24-19(31)14(6-11(3)4)26-20(32)15(8-17(23)29)25-18(30)13(21)7-16(22)28/h9-15H,5-8,21H2,1-4H3,(H2,22,28)(H2,23,29)(H,24,31)(H,25,30)(H,26,32)/t12-,13-,14-,15-/m0/s1. The maximum Gasteiger partial charge on any atom is 0.243 e. The lowest BCUT2D eigenvalue weighted by Crippen LogP contribution is -2.57. The SMILES string of the molecule is CC(C)C[C@@H](C=O)NC(=O)[C@H](CC(C)C)NC(=O)[C@H](CC(N)=O)NC(=O)[C@@H](N)CC(N)=O. The van der Waals surface area contributed by atoms with Crippen LogP contribution in [-0.2, 0) is 28.8 Å². The van der Waals surface area contributed by atoms with E-state index in [-0.39, 0.29) is 18.3 Å². The number of aldehydes is 1. The summed E-state index contributed by atoms with van der Waals surface area (Å²) >= 11 is 0. The highest BCUT2D eigenvalue weighted by atomic mass is 16.2. The first kappa shape index (κ1) is 29.0. The number of primary amides is 2. The summed E-state index contributed by atoms with van der Waals surface area (Å²) in [6.07, 6.45) is 0.278.